The molecule has 4 aliphatic rings. The monoisotopic (exact) mass is 966 g/mol. The molecule has 18 heteroatoms. The van der Waals surface area contributed by atoms with Crippen molar-refractivity contribution in [3.63, 3.8) is 0 Å². The number of thiazole rings is 2. The number of benzene rings is 2. The summed E-state index contributed by atoms with van der Waals surface area (Å²) in [5, 5.41) is 16.1. The summed E-state index contributed by atoms with van der Waals surface area (Å²) in [4.78, 5) is 66.8. The predicted molar refractivity (Wildman–Crippen MR) is 262 cm³/mol. The van der Waals surface area contributed by atoms with E-state index in [9.17, 15) is 19.2 Å². The highest BCUT2D eigenvalue weighted by Crippen LogP contribution is 2.37. The van der Waals surface area contributed by atoms with Crippen LogP contribution in [0.4, 0.5) is 10.0 Å². The first-order valence-corrected chi connectivity index (χ1v) is 26.4. The maximum absolute atomic E-state index is 13.1. The van der Waals surface area contributed by atoms with E-state index in [0.717, 1.165) is 59.6 Å². The maximum Gasteiger partial charge on any atom is 0.264 e. The summed E-state index contributed by atoms with van der Waals surface area (Å²) in [6.45, 7) is 5.28. The number of hydrogen-bond donors (Lipinski definition) is 4. The van der Waals surface area contributed by atoms with Crippen molar-refractivity contribution in [2.75, 3.05) is 63.1 Å². The molecule has 2 aromatic carbocycles. The number of unbranched alkanes of at least 4 members (excludes halogenated alkanes) is 5. The van der Waals surface area contributed by atoms with E-state index in [2.05, 4.69) is 33.4 Å². The molecule has 6 aromatic rings. The Morgan fingerprint density at radius 2 is 0.985 bits per heavy atom. The molecular formula is C48H54N8O6S4. The molecule has 8 heterocycles. The molecule has 346 valence electrons. The Morgan fingerprint density at radius 3 is 1.42 bits per heavy atom. The molecule has 0 radical (unpaired) electrons. The van der Waals surface area contributed by atoms with Crippen molar-refractivity contribution in [3.8, 4) is 0 Å². The molecule has 4 saturated heterocycles. The van der Waals surface area contributed by atoms with Crippen molar-refractivity contribution in [1.82, 2.24) is 30.4 Å². The largest absolute Gasteiger partial charge is 0.377 e. The molecular weight excluding hydrogens is 913 g/mol. The van der Waals surface area contributed by atoms with Crippen LogP contribution in [0, 0.1) is 0 Å². The molecule has 0 spiro atoms. The maximum atomic E-state index is 13.1. The Kier molecular flexibility index (Phi) is 14.1. The lowest BCUT2D eigenvalue weighted by Gasteiger charge is -2.37. The van der Waals surface area contributed by atoms with Crippen molar-refractivity contribution < 1.29 is 28.7 Å². The average molecular weight is 967 g/mol. The summed E-state index contributed by atoms with van der Waals surface area (Å²) in [6.07, 6.45) is 7.68. The summed E-state index contributed by atoms with van der Waals surface area (Å²) in [6, 6.07) is 22.8. The number of thiophene rings is 2. The van der Waals surface area contributed by atoms with Gasteiger partial charge in [0.15, 0.2) is 0 Å². The number of ether oxygens (including phenoxy) is 2. The number of para-hydroxylation sites is 2. The molecule has 4 aliphatic heterocycles. The number of carbonyl (C=O) groups is 4. The normalized spacial score (nSPS) is 21.1. The summed E-state index contributed by atoms with van der Waals surface area (Å²) < 4.78 is 14.6. The van der Waals surface area contributed by atoms with Gasteiger partial charge in [0.25, 0.3) is 11.8 Å². The van der Waals surface area contributed by atoms with Gasteiger partial charge in [-0.15, -0.1) is 45.3 Å². The summed E-state index contributed by atoms with van der Waals surface area (Å²) in [5.74, 6) is 0.324. The fourth-order valence-corrected chi connectivity index (χ4v) is 12.8. The number of hydrogen-bond acceptors (Lipinski definition) is 14. The van der Waals surface area contributed by atoms with Crippen LogP contribution in [-0.2, 0) is 19.1 Å². The Morgan fingerprint density at radius 1 is 0.561 bits per heavy atom. The van der Waals surface area contributed by atoms with Gasteiger partial charge in [0.05, 0.1) is 64.5 Å². The quantitative estimate of drug-likeness (QED) is 0.0586. The number of rotatable bonds is 19. The lowest BCUT2D eigenvalue weighted by atomic mass is 10.0. The third-order valence-electron chi connectivity index (χ3n) is 12.8. The third-order valence-corrected chi connectivity index (χ3v) is 17.2. The first-order chi connectivity index (χ1) is 32.3. The number of anilines is 2. The van der Waals surface area contributed by atoms with E-state index >= 15 is 0 Å². The molecule has 0 aliphatic carbocycles. The number of fused-ring (bicyclic) bond motifs is 2. The van der Waals surface area contributed by atoms with Crippen molar-refractivity contribution in [3.05, 3.63) is 92.6 Å². The Hall–Kier alpha value is -4.66. The second-order valence-corrected chi connectivity index (χ2v) is 22.0. The zero-order valence-corrected chi connectivity index (χ0v) is 39.8. The number of nitrogens with zero attached hydrogens (tertiary/aromatic N) is 4. The fourth-order valence-electron chi connectivity index (χ4n) is 8.97. The number of aromatic nitrogens is 2. The van der Waals surface area contributed by atoms with E-state index in [4.69, 9.17) is 19.4 Å². The number of likely N-dealkylation sites (tertiary alicyclic amines) is 2. The van der Waals surface area contributed by atoms with Gasteiger partial charge >= 0.3 is 0 Å². The highest BCUT2D eigenvalue weighted by Gasteiger charge is 2.37. The third kappa shape index (κ3) is 10.6. The minimum atomic E-state index is -0.328. The van der Waals surface area contributed by atoms with Crippen LogP contribution in [0.1, 0.15) is 92.6 Å². The van der Waals surface area contributed by atoms with Crippen LogP contribution in [0.15, 0.2) is 72.8 Å². The molecule has 4 atom stereocenters. The van der Waals surface area contributed by atoms with Crippen LogP contribution in [0.25, 0.3) is 20.4 Å². The predicted octanol–water partition coefficient (Wildman–Crippen LogP) is 7.92. The van der Waals surface area contributed by atoms with Crippen molar-refractivity contribution in [2.45, 2.75) is 87.5 Å². The highest BCUT2D eigenvalue weighted by molar-refractivity contribution is 7.19. The first kappa shape index (κ1) is 45.1. The molecule has 0 saturated carbocycles. The molecule has 14 nitrogen and oxygen atoms in total. The lowest BCUT2D eigenvalue weighted by molar-refractivity contribution is -0.118. The van der Waals surface area contributed by atoms with Gasteiger partial charge in [-0.25, -0.2) is 9.97 Å². The van der Waals surface area contributed by atoms with Gasteiger partial charge in [-0.2, -0.15) is 0 Å². The molecule has 4 N–H and O–H groups in total. The number of nitrogens with one attached hydrogen (secondary N) is 4. The number of amides is 4. The smallest absolute Gasteiger partial charge is 0.264 e. The Labute approximate surface area is 399 Å². The minimum Gasteiger partial charge on any atom is -0.377 e. The van der Waals surface area contributed by atoms with Crippen LogP contribution in [0.2, 0.25) is 0 Å². The minimum absolute atomic E-state index is 0.00389. The highest BCUT2D eigenvalue weighted by atomic mass is 32.1. The summed E-state index contributed by atoms with van der Waals surface area (Å²) >= 11 is 6.04. The second kappa shape index (κ2) is 20.7. The molecule has 66 heavy (non-hydrogen) atoms. The van der Waals surface area contributed by atoms with Crippen LogP contribution in [-0.4, -0.2) is 120 Å². The number of carbonyl (C=O) groups excluding carboxylic acids is 4. The molecule has 10 rings (SSSR count). The molecule has 0 unspecified atom stereocenters. The standard InChI is InChI=1S/C48H54N8O6S4/c57-43(53-41-17-15-39(63-41)47(59)55-25-29(26-55)45-51-33-11-5-7-13-37(33)65-45)35-21-31(23-49-35)61-19-9-3-1-2-4-10-20-62-32-22-36(50-24-32)44(58)54-42-18-16-40(64-42)48(60)56-27-30(28-56)46-52-34-12-6-8-14-38(34)66-46/h5-8,11-18,29-32,35-36,49-50H,1-4,9-10,19-28H2,(H,53,57)(H,54,58)/t31-,32-,35+,36+/m1/s1. The van der Waals surface area contributed by atoms with Crippen LogP contribution in [0.5, 0.6) is 0 Å². The first-order valence-electron chi connectivity index (χ1n) is 23.1. The fraction of sp³-hybridized carbons (Fsp3) is 0.458. The van der Waals surface area contributed by atoms with Gasteiger partial charge in [0.2, 0.25) is 11.8 Å². The Bertz CT molecular complexity index is 2420. The van der Waals surface area contributed by atoms with E-state index in [1.807, 2.05) is 58.3 Å². The van der Waals surface area contributed by atoms with Crippen LogP contribution >= 0.6 is 45.3 Å². The second-order valence-electron chi connectivity index (χ2n) is 17.7. The SMILES string of the molecule is O=C(Nc1ccc(C(=O)N2CC(c3nc4ccccc4s3)C2)s1)[C@@H]1C[C@@H](OCCCCCCCCO[C@H]2CN[C@H](C(=O)Nc3ccc(C(=O)N4CC(c5nc6ccccc6s5)C4)s3)C2)CN1. The molecule has 4 aromatic heterocycles. The van der Waals surface area contributed by atoms with Crippen LogP contribution < -0.4 is 21.3 Å². The van der Waals surface area contributed by atoms with E-state index in [0.29, 0.717) is 85.1 Å². The molecule has 0 bridgehead atoms. The van der Waals surface area contributed by atoms with E-state index in [-0.39, 0.29) is 59.8 Å². The van der Waals surface area contributed by atoms with Crippen LogP contribution in [0.3, 0.4) is 0 Å². The molecule has 4 amide bonds. The zero-order chi connectivity index (χ0) is 45.0. The van der Waals surface area contributed by atoms with Gasteiger partial charge < -0.3 is 40.5 Å². The average Bonchev–Trinajstić information content (AvgIpc) is 4.15. The van der Waals surface area contributed by atoms with Crippen molar-refractivity contribution in [1.29, 1.82) is 0 Å². The van der Waals surface area contributed by atoms with E-state index in [1.54, 1.807) is 34.8 Å². The van der Waals surface area contributed by atoms with Gasteiger partial charge in [-0.05, 0) is 74.2 Å². The van der Waals surface area contributed by atoms with Crippen molar-refractivity contribution in [2.24, 2.45) is 0 Å². The van der Waals surface area contributed by atoms with Gasteiger partial charge in [-0.3, -0.25) is 19.2 Å². The Balaban J connectivity index is 0.537. The zero-order valence-electron chi connectivity index (χ0n) is 36.6. The van der Waals surface area contributed by atoms with Gasteiger partial charge in [0.1, 0.15) is 10.0 Å². The van der Waals surface area contributed by atoms with Gasteiger partial charge in [0, 0.05) is 64.3 Å². The summed E-state index contributed by atoms with van der Waals surface area (Å²) in [5.41, 5.74) is 2.02. The lowest BCUT2D eigenvalue weighted by Crippen LogP contribution is -2.48. The molecule has 4 fully saturated rings. The van der Waals surface area contributed by atoms with Crippen molar-refractivity contribution >= 4 is 99.4 Å². The summed E-state index contributed by atoms with van der Waals surface area (Å²) in [7, 11) is 0. The topological polar surface area (TPSA) is 167 Å². The van der Waals surface area contributed by atoms with E-state index in [1.165, 1.54) is 32.1 Å². The van der Waals surface area contributed by atoms with Gasteiger partial charge in [-0.1, -0.05) is 49.9 Å². The van der Waals surface area contributed by atoms with E-state index < -0.39 is 0 Å².